The topological polar surface area (TPSA) is 42.4 Å². The first-order valence-electron chi connectivity index (χ1n) is 14.4. The van der Waals surface area contributed by atoms with Crippen LogP contribution in [0.4, 0.5) is 17.1 Å². The lowest BCUT2D eigenvalue weighted by molar-refractivity contribution is 0.669. The molecule has 0 saturated carbocycles. The Morgan fingerprint density at radius 2 is 1.16 bits per heavy atom. The Bertz CT molecular complexity index is 2450. The number of aromatic nitrogens is 1. The van der Waals surface area contributed by atoms with Gasteiger partial charge in [-0.15, -0.1) is 0 Å². The fourth-order valence-electron chi connectivity index (χ4n) is 6.30. The van der Waals surface area contributed by atoms with Crippen LogP contribution >= 0.6 is 0 Å². The zero-order valence-electron chi connectivity index (χ0n) is 23.1. The lowest BCUT2D eigenvalue weighted by atomic mass is 10.0. The summed E-state index contributed by atoms with van der Waals surface area (Å²) in [5.41, 5.74) is 8.89. The highest BCUT2D eigenvalue weighted by atomic mass is 16.3. The van der Waals surface area contributed by atoms with E-state index in [1.54, 1.807) is 6.20 Å². The van der Waals surface area contributed by atoms with Crippen molar-refractivity contribution in [1.29, 1.82) is 0 Å². The summed E-state index contributed by atoms with van der Waals surface area (Å²) < 4.78 is 12.8. The third-order valence-corrected chi connectivity index (χ3v) is 8.35. The summed E-state index contributed by atoms with van der Waals surface area (Å²) in [4.78, 5) is 6.59. The minimum absolute atomic E-state index is 0.846. The van der Waals surface area contributed by atoms with Crippen LogP contribution in [0.25, 0.3) is 65.8 Å². The van der Waals surface area contributed by atoms with Crippen molar-refractivity contribution < 1.29 is 8.83 Å². The number of hydrogen-bond donors (Lipinski definition) is 0. The summed E-state index contributed by atoms with van der Waals surface area (Å²) in [6.07, 6.45) is 3.64. The van der Waals surface area contributed by atoms with Crippen molar-refractivity contribution in [3.63, 3.8) is 0 Å². The summed E-state index contributed by atoms with van der Waals surface area (Å²) in [5.74, 6) is 0. The van der Waals surface area contributed by atoms with Crippen molar-refractivity contribution in [2.24, 2.45) is 0 Å². The van der Waals surface area contributed by atoms with Gasteiger partial charge in [-0.25, -0.2) is 0 Å². The van der Waals surface area contributed by atoms with Gasteiger partial charge >= 0.3 is 0 Å². The molecule has 6 aromatic carbocycles. The highest BCUT2D eigenvalue weighted by Crippen LogP contribution is 2.44. The molecule has 0 aliphatic carbocycles. The van der Waals surface area contributed by atoms with Gasteiger partial charge in [0.1, 0.15) is 16.7 Å². The predicted molar refractivity (Wildman–Crippen MR) is 176 cm³/mol. The van der Waals surface area contributed by atoms with Crippen molar-refractivity contribution in [3.8, 4) is 11.1 Å². The monoisotopic (exact) mass is 552 g/mol. The summed E-state index contributed by atoms with van der Waals surface area (Å²) in [6.45, 7) is 0. The zero-order valence-corrected chi connectivity index (χ0v) is 23.1. The van der Waals surface area contributed by atoms with Gasteiger partial charge in [0.25, 0.3) is 0 Å². The van der Waals surface area contributed by atoms with Crippen molar-refractivity contribution >= 4 is 71.7 Å². The number of anilines is 3. The number of benzene rings is 6. The molecular formula is C39H24N2O2. The second-order valence-corrected chi connectivity index (χ2v) is 10.8. The van der Waals surface area contributed by atoms with E-state index in [1.807, 2.05) is 30.5 Å². The van der Waals surface area contributed by atoms with E-state index >= 15 is 0 Å². The molecule has 4 heteroatoms. The Balaban J connectivity index is 1.26. The van der Waals surface area contributed by atoms with Crippen molar-refractivity contribution in [3.05, 3.63) is 146 Å². The minimum Gasteiger partial charge on any atom is -0.455 e. The molecule has 0 saturated heterocycles. The van der Waals surface area contributed by atoms with E-state index in [-0.39, 0.29) is 0 Å². The summed E-state index contributed by atoms with van der Waals surface area (Å²) >= 11 is 0. The number of rotatable bonds is 4. The molecule has 4 nitrogen and oxygen atoms in total. The number of fused-ring (bicyclic) bond motifs is 8. The Hall–Kier alpha value is -5.87. The van der Waals surface area contributed by atoms with Gasteiger partial charge in [0.15, 0.2) is 5.58 Å². The molecule has 0 aliphatic heterocycles. The largest absolute Gasteiger partial charge is 0.455 e. The van der Waals surface area contributed by atoms with Gasteiger partial charge in [-0.05, 0) is 71.1 Å². The van der Waals surface area contributed by atoms with Crippen LogP contribution in [-0.2, 0) is 0 Å². The summed E-state index contributed by atoms with van der Waals surface area (Å²) in [5, 5.41) is 6.47. The first-order valence-corrected chi connectivity index (χ1v) is 14.4. The van der Waals surface area contributed by atoms with Crippen LogP contribution < -0.4 is 4.90 Å². The Morgan fingerprint density at radius 1 is 0.465 bits per heavy atom. The van der Waals surface area contributed by atoms with E-state index < -0.39 is 0 Å². The lowest BCUT2D eigenvalue weighted by Crippen LogP contribution is -2.10. The number of hydrogen-bond acceptors (Lipinski definition) is 4. The Labute approximate surface area is 247 Å². The van der Waals surface area contributed by atoms with Gasteiger partial charge < -0.3 is 13.7 Å². The molecule has 202 valence electrons. The molecule has 3 aromatic heterocycles. The third kappa shape index (κ3) is 3.74. The molecule has 0 radical (unpaired) electrons. The van der Waals surface area contributed by atoms with E-state index in [9.17, 15) is 0 Å². The van der Waals surface area contributed by atoms with Gasteiger partial charge in [-0.2, -0.15) is 0 Å². The average molecular weight is 553 g/mol. The second kappa shape index (κ2) is 9.33. The standard InChI is InChI=1S/C39H24N2O2/c1-2-7-25(8-3-1)26-13-16-28(17-14-26)41(35-11-6-10-32-31-9-4-5-12-36(31)43-39(32)35)29-18-20-30-27(23-29)15-19-33-34-24-40-22-21-37(34)42-38(30)33/h1-24H. The highest BCUT2D eigenvalue weighted by molar-refractivity contribution is 6.15. The molecule has 0 amide bonds. The van der Waals surface area contributed by atoms with Crippen LogP contribution in [0.15, 0.2) is 155 Å². The molecule has 0 bridgehead atoms. The number of nitrogens with zero attached hydrogens (tertiary/aromatic N) is 2. The number of pyridine rings is 1. The average Bonchev–Trinajstić information content (AvgIpc) is 3.65. The maximum absolute atomic E-state index is 6.52. The van der Waals surface area contributed by atoms with Crippen LogP contribution in [0.3, 0.4) is 0 Å². The molecule has 0 unspecified atom stereocenters. The maximum Gasteiger partial charge on any atom is 0.159 e. The molecule has 0 N–H and O–H groups in total. The zero-order chi connectivity index (χ0) is 28.3. The Kier molecular flexibility index (Phi) is 5.16. The molecule has 9 aromatic rings. The van der Waals surface area contributed by atoms with E-state index in [0.29, 0.717) is 0 Å². The van der Waals surface area contributed by atoms with Crippen molar-refractivity contribution in [2.75, 3.05) is 4.90 Å². The first-order chi connectivity index (χ1) is 21.3. The van der Waals surface area contributed by atoms with Crippen LogP contribution in [0.5, 0.6) is 0 Å². The molecule has 43 heavy (non-hydrogen) atoms. The van der Waals surface area contributed by atoms with Crippen LogP contribution in [0.2, 0.25) is 0 Å². The lowest BCUT2D eigenvalue weighted by Gasteiger charge is -2.26. The molecule has 9 rings (SSSR count). The molecule has 3 heterocycles. The minimum atomic E-state index is 0.846. The van der Waals surface area contributed by atoms with E-state index in [1.165, 1.54) is 11.1 Å². The second-order valence-electron chi connectivity index (χ2n) is 10.8. The van der Waals surface area contributed by atoms with Crippen molar-refractivity contribution in [1.82, 2.24) is 4.98 Å². The molecule has 0 aliphatic rings. The third-order valence-electron chi connectivity index (χ3n) is 8.35. The number of para-hydroxylation sites is 2. The normalized spacial score (nSPS) is 11.7. The first kappa shape index (κ1) is 23.8. The smallest absolute Gasteiger partial charge is 0.159 e. The van der Waals surface area contributed by atoms with E-state index in [2.05, 4.69) is 119 Å². The quantitative estimate of drug-likeness (QED) is 0.218. The number of furan rings is 2. The molecule has 0 spiro atoms. The van der Waals surface area contributed by atoms with Gasteiger partial charge in [0.05, 0.1) is 5.69 Å². The van der Waals surface area contributed by atoms with Crippen LogP contribution in [0, 0.1) is 0 Å². The fraction of sp³-hybridized carbons (Fsp3) is 0. The SMILES string of the molecule is c1ccc(-c2ccc(N(c3ccc4c(ccc5c6cnccc6oc45)c3)c3cccc4c3oc3ccccc34)cc2)cc1. The predicted octanol–water partition coefficient (Wildman–Crippen LogP) is 11.2. The molecular weight excluding hydrogens is 528 g/mol. The van der Waals surface area contributed by atoms with Crippen LogP contribution in [-0.4, -0.2) is 4.98 Å². The molecule has 0 fully saturated rings. The van der Waals surface area contributed by atoms with E-state index in [0.717, 1.165) is 71.7 Å². The fourth-order valence-corrected chi connectivity index (χ4v) is 6.30. The summed E-state index contributed by atoms with van der Waals surface area (Å²) in [6, 6.07) is 46.6. The van der Waals surface area contributed by atoms with Crippen LogP contribution in [0.1, 0.15) is 0 Å². The van der Waals surface area contributed by atoms with Gasteiger partial charge in [0, 0.05) is 50.7 Å². The maximum atomic E-state index is 6.52. The molecule has 0 atom stereocenters. The van der Waals surface area contributed by atoms with Gasteiger partial charge in [0.2, 0.25) is 0 Å². The summed E-state index contributed by atoms with van der Waals surface area (Å²) in [7, 11) is 0. The van der Waals surface area contributed by atoms with Gasteiger partial charge in [-0.1, -0.05) is 78.9 Å². The van der Waals surface area contributed by atoms with Crippen molar-refractivity contribution in [2.45, 2.75) is 0 Å². The van der Waals surface area contributed by atoms with E-state index in [4.69, 9.17) is 8.83 Å². The highest BCUT2D eigenvalue weighted by Gasteiger charge is 2.20. The van der Waals surface area contributed by atoms with Gasteiger partial charge in [-0.3, -0.25) is 4.98 Å². The Morgan fingerprint density at radius 3 is 2.07 bits per heavy atom.